The number of hydrogen-bond donors (Lipinski definition) is 1. The van der Waals surface area contributed by atoms with E-state index in [1.165, 1.54) is 7.11 Å². The maximum Gasteiger partial charge on any atom is 0.205 e. The van der Waals surface area contributed by atoms with Crippen molar-refractivity contribution in [3.05, 3.63) is 35.9 Å². The summed E-state index contributed by atoms with van der Waals surface area (Å²) in [4.78, 5) is 11.7. The summed E-state index contributed by atoms with van der Waals surface area (Å²) in [7, 11) is 1.51. The molecule has 0 spiro atoms. The van der Waals surface area contributed by atoms with Crippen molar-refractivity contribution in [2.24, 2.45) is 5.10 Å². The molecule has 0 saturated carbocycles. The fourth-order valence-electron chi connectivity index (χ4n) is 1.82. The van der Waals surface area contributed by atoms with Crippen LogP contribution in [0.3, 0.4) is 0 Å². The number of carbonyl (C=O) groups excluding carboxylic acids is 1. The molecule has 16 heavy (non-hydrogen) atoms. The van der Waals surface area contributed by atoms with E-state index in [4.69, 9.17) is 4.74 Å². The highest BCUT2D eigenvalue weighted by atomic mass is 16.5. The standard InChI is InChI=1S/C12H14N2O2/c1-16-8-11(15)12-10(7-13-14-12)9-5-3-2-4-6-9/h2-6,10,13H,7-8H2,1H3. The van der Waals surface area contributed by atoms with Gasteiger partial charge < -0.3 is 10.2 Å². The quantitative estimate of drug-likeness (QED) is 0.818. The van der Waals surface area contributed by atoms with E-state index >= 15 is 0 Å². The van der Waals surface area contributed by atoms with Crippen molar-refractivity contribution >= 4 is 11.5 Å². The zero-order chi connectivity index (χ0) is 11.4. The molecule has 2 rings (SSSR count). The molecule has 0 aliphatic carbocycles. The summed E-state index contributed by atoms with van der Waals surface area (Å²) in [6.07, 6.45) is 0. The summed E-state index contributed by atoms with van der Waals surface area (Å²) in [5.41, 5.74) is 4.54. The Balaban J connectivity index is 2.18. The normalized spacial score (nSPS) is 19.1. The summed E-state index contributed by atoms with van der Waals surface area (Å²) in [6.45, 7) is 0.763. The summed E-state index contributed by atoms with van der Waals surface area (Å²) >= 11 is 0. The molecule has 0 radical (unpaired) electrons. The number of rotatable bonds is 4. The van der Waals surface area contributed by atoms with E-state index in [1.807, 2.05) is 30.3 Å². The largest absolute Gasteiger partial charge is 0.376 e. The highest BCUT2D eigenvalue weighted by Crippen LogP contribution is 2.20. The molecule has 1 heterocycles. The molecule has 0 amide bonds. The van der Waals surface area contributed by atoms with Crippen LogP contribution in [0.5, 0.6) is 0 Å². The molecule has 0 bridgehead atoms. The molecule has 0 fully saturated rings. The minimum Gasteiger partial charge on any atom is -0.376 e. The smallest absolute Gasteiger partial charge is 0.205 e. The van der Waals surface area contributed by atoms with Crippen LogP contribution in [-0.2, 0) is 9.53 Å². The van der Waals surface area contributed by atoms with Crippen LogP contribution in [0.2, 0.25) is 0 Å². The van der Waals surface area contributed by atoms with Gasteiger partial charge in [0.1, 0.15) is 12.3 Å². The van der Waals surface area contributed by atoms with Crippen molar-refractivity contribution in [3.63, 3.8) is 0 Å². The molecule has 1 atom stereocenters. The number of carbonyl (C=O) groups is 1. The van der Waals surface area contributed by atoms with Crippen LogP contribution < -0.4 is 5.43 Å². The van der Waals surface area contributed by atoms with E-state index < -0.39 is 0 Å². The first-order valence-corrected chi connectivity index (χ1v) is 5.20. The summed E-state index contributed by atoms with van der Waals surface area (Å²) < 4.78 is 4.84. The van der Waals surface area contributed by atoms with Gasteiger partial charge >= 0.3 is 0 Å². The van der Waals surface area contributed by atoms with E-state index in [1.54, 1.807) is 0 Å². The zero-order valence-corrected chi connectivity index (χ0v) is 9.14. The molecule has 1 aliphatic heterocycles. The average molecular weight is 218 g/mol. The van der Waals surface area contributed by atoms with Crippen LogP contribution in [0.25, 0.3) is 0 Å². The van der Waals surface area contributed by atoms with Crippen LogP contribution in [0, 0.1) is 0 Å². The lowest BCUT2D eigenvalue weighted by Crippen LogP contribution is -2.24. The number of methoxy groups -OCH3 is 1. The van der Waals surface area contributed by atoms with Crippen molar-refractivity contribution in [1.29, 1.82) is 0 Å². The second kappa shape index (κ2) is 4.90. The summed E-state index contributed by atoms with van der Waals surface area (Å²) in [6, 6.07) is 9.90. The Morgan fingerprint density at radius 1 is 1.50 bits per heavy atom. The Bertz CT molecular complexity index is 401. The van der Waals surface area contributed by atoms with Gasteiger partial charge in [-0.1, -0.05) is 30.3 Å². The maximum absolute atomic E-state index is 11.7. The second-order valence-electron chi connectivity index (χ2n) is 3.68. The number of benzene rings is 1. The highest BCUT2D eigenvalue weighted by Gasteiger charge is 2.28. The van der Waals surface area contributed by atoms with Gasteiger partial charge in [-0.3, -0.25) is 4.79 Å². The third-order valence-electron chi connectivity index (χ3n) is 2.59. The van der Waals surface area contributed by atoms with Crippen molar-refractivity contribution in [1.82, 2.24) is 5.43 Å². The third kappa shape index (κ3) is 2.12. The molecule has 0 aromatic heterocycles. The van der Waals surface area contributed by atoms with Crippen molar-refractivity contribution in [2.45, 2.75) is 5.92 Å². The van der Waals surface area contributed by atoms with Crippen LogP contribution >= 0.6 is 0 Å². The molecule has 4 heteroatoms. The summed E-state index contributed by atoms with van der Waals surface area (Å²) in [5, 5.41) is 4.05. The second-order valence-corrected chi connectivity index (χ2v) is 3.68. The Morgan fingerprint density at radius 2 is 2.25 bits per heavy atom. The van der Waals surface area contributed by atoms with Crippen molar-refractivity contribution < 1.29 is 9.53 Å². The number of nitrogens with one attached hydrogen (secondary N) is 1. The Morgan fingerprint density at radius 3 is 2.94 bits per heavy atom. The molecular formula is C12H14N2O2. The van der Waals surface area contributed by atoms with Crippen LogP contribution in [0.1, 0.15) is 11.5 Å². The van der Waals surface area contributed by atoms with E-state index in [9.17, 15) is 4.79 Å². The number of ether oxygens (including phenoxy) is 1. The molecule has 1 aromatic carbocycles. The SMILES string of the molecule is COCC(=O)C1=NNCC1c1ccccc1. The van der Waals surface area contributed by atoms with Crippen molar-refractivity contribution in [3.8, 4) is 0 Å². The summed E-state index contributed by atoms with van der Waals surface area (Å²) in [5.74, 6) is -0.00907. The van der Waals surface area contributed by atoms with Crippen molar-refractivity contribution in [2.75, 3.05) is 20.3 Å². The van der Waals surface area contributed by atoms with E-state index in [0.717, 1.165) is 5.56 Å². The van der Waals surface area contributed by atoms with Gasteiger partial charge in [-0.2, -0.15) is 5.10 Å². The van der Waals surface area contributed by atoms with Gasteiger partial charge in [0.2, 0.25) is 5.78 Å². The number of Topliss-reactive ketones (excluding diaryl/α,β-unsaturated/α-hetero) is 1. The van der Waals surface area contributed by atoms with Gasteiger partial charge in [-0.25, -0.2) is 0 Å². The Hall–Kier alpha value is -1.68. The van der Waals surface area contributed by atoms with Gasteiger partial charge in [0.15, 0.2) is 0 Å². The van der Waals surface area contributed by atoms with Gasteiger partial charge in [0, 0.05) is 13.7 Å². The van der Waals surface area contributed by atoms with Crippen LogP contribution in [0.4, 0.5) is 0 Å². The first kappa shape index (κ1) is 10.8. The first-order chi connectivity index (χ1) is 7.83. The topological polar surface area (TPSA) is 50.7 Å². The predicted octanol–water partition coefficient (Wildman–Crippen LogP) is 0.945. The van der Waals surface area contributed by atoms with E-state index in [2.05, 4.69) is 10.5 Å². The minimum atomic E-state index is -0.0543. The lowest BCUT2D eigenvalue weighted by atomic mass is 9.93. The van der Waals surface area contributed by atoms with Crippen LogP contribution in [-0.4, -0.2) is 31.8 Å². The number of hydrogen-bond acceptors (Lipinski definition) is 4. The van der Waals surface area contributed by atoms with E-state index in [-0.39, 0.29) is 18.3 Å². The number of hydrazone groups is 1. The average Bonchev–Trinajstić information content (AvgIpc) is 2.79. The van der Waals surface area contributed by atoms with Gasteiger partial charge in [0.25, 0.3) is 0 Å². The van der Waals surface area contributed by atoms with Gasteiger partial charge in [0.05, 0.1) is 5.92 Å². The lowest BCUT2D eigenvalue weighted by Gasteiger charge is -2.10. The fourth-order valence-corrected chi connectivity index (χ4v) is 1.82. The third-order valence-corrected chi connectivity index (χ3v) is 2.59. The zero-order valence-electron chi connectivity index (χ0n) is 9.14. The Kier molecular flexibility index (Phi) is 3.31. The Labute approximate surface area is 94.3 Å². The molecule has 1 aliphatic rings. The first-order valence-electron chi connectivity index (χ1n) is 5.20. The number of nitrogens with zero attached hydrogens (tertiary/aromatic N) is 1. The molecule has 0 saturated heterocycles. The predicted molar refractivity (Wildman–Crippen MR) is 61.5 cm³/mol. The molecule has 1 unspecified atom stereocenters. The minimum absolute atomic E-state index is 0.0452. The van der Waals surface area contributed by atoms with Crippen LogP contribution in [0.15, 0.2) is 35.4 Å². The molecule has 1 N–H and O–H groups in total. The lowest BCUT2D eigenvalue weighted by molar-refractivity contribution is -0.116. The molecule has 4 nitrogen and oxygen atoms in total. The van der Waals surface area contributed by atoms with Gasteiger partial charge in [-0.05, 0) is 5.56 Å². The maximum atomic E-state index is 11.7. The monoisotopic (exact) mass is 218 g/mol. The molecule has 84 valence electrons. The van der Waals surface area contributed by atoms with Gasteiger partial charge in [-0.15, -0.1) is 0 Å². The highest BCUT2D eigenvalue weighted by molar-refractivity contribution is 6.42. The van der Waals surface area contributed by atoms with E-state index in [0.29, 0.717) is 12.3 Å². The number of ketones is 1. The molecule has 1 aromatic rings. The fraction of sp³-hybridized carbons (Fsp3) is 0.333. The molecular weight excluding hydrogens is 204 g/mol.